The van der Waals surface area contributed by atoms with Crippen LogP contribution in [0, 0.1) is 0 Å². The SMILES string of the molecule is CC(C)(C)c1ccc(C2=CCCCn3cccc32)cc1. The molecule has 0 aliphatic carbocycles. The lowest BCUT2D eigenvalue weighted by Gasteiger charge is -2.19. The van der Waals surface area contributed by atoms with Crippen molar-refractivity contribution in [2.75, 3.05) is 0 Å². The minimum absolute atomic E-state index is 0.219. The fourth-order valence-corrected chi connectivity index (χ4v) is 2.88. The van der Waals surface area contributed by atoms with Crippen molar-refractivity contribution in [3.63, 3.8) is 0 Å². The van der Waals surface area contributed by atoms with Crippen molar-refractivity contribution in [3.8, 4) is 0 Å². The smallest absolute Gasteiger partial charge is 0.0483 e. The summed E-state index contributed by atoms with van der Waals surface area (Å²) in [6.07, 6.45) is 6.98. The first kappa shape index (κ1) is 13.2. The van der Waals surface area contributed by atoms with Gasteiger partial charge in [-0.15, -0.1) is 0 Å². The number of aromatic nitrogens is 1. The van der Waals surface area contributed by atoms with Crippen molar-refractivity contribution in [3.05, 3.63) is 65.5 Å². The van der Waals surface area contributed by atoms with Crippen LogP contribution in [0.2, 0.25) is 0 Å². The van der Waals surface area contributed by atoms with E-state index in [1.165, 1.54) is 28.8 Å². The molecule has 20 heavy (non-hydrogen) atoms. The number of allylic oxidation sites excluding steroid dienone is 1. The molecule has 0 fully saturated rings. The third-order valence-corrected chi connectivity index (χ3v) is 4.12. The minimum atomic E-state index is 0.219. The van der Waals surface area contributed by atoms with Crippen LogP contribution in [0.25, 0.3) is 5.57 Å². The van der Waals surface area contributed by atoms with Crippen LogP contribution in [0.3, 0.4) is 0 Å². The first-order valence-electron chi connectivity index (χ1n) is 7.52. The second kappa shape index (κ2) is 4.97. The molecule has 1 aromatic heterocycles. The lowest BCUT2D eigenvalue weighted by atomic mass is 9.86. The number of rotatable bonds is 1. The third kappa shape index (κ3) is 2.45. The Balaban J connectivity index is 2.00. The first-order valence-corrected chi connectivity index (χ1v) is 7.52. The van der Waals surface area contributed by atoms with Crippen molar-refractivity contribution in [1.29, 1.82) is 0 Å². The van der Waals surface area contributed by atoms with Crippen molar-refractivity contribution >= 4 is 5.57 Å². The predicted octanol–water partition coefficient (Wildman–Crippen LogP) is 5.01. The summed E-state index contributed by atoms with van der Waals surface area (Å²) in [5, 5.41) is 0. The average molecular weight is 265 g/mol. The van der Waals surface area contributed by atoms with Crippen LogP contribution in [0.5, 0.6) is 0 Å². The second-order valence-electron chi connectivity index (χ2n) is 6.67. The number of hydrogen-bond donors (Lipinski definition) is 0. The standard InChI is InChI=1S/C19H23N/c1-19(2,3)16-11-9-15(10-12-16)17-7-4-5-13-20-14-6-8-18(17)20/h6-12,14H,4-5,13H2,1-3H3. The Bertz CT molecular complexity index is 621. The zero-order valence-electron chi connectivity index (χ0n) is 12.7. The number of aryl methyl sites for hydroxylation is 1. The number of hydrogen-bond acceptors (Lipinski definition) is 0. The Morgan fingerprint density at radius 1 is 1.00 bits per heavy atom. The predicted molar refractivity (Wildman–Crippen MR) is 85.9 cm³/mol. The van der Waals surface area contributed by atoms with E-state index in [0.717, 1.165) is 13.0 Å². The van der Waals surface area contributed by atoms with Gasteiger partial charge in [0.1, 0.15) is 0 Å². The summed E-state index contributed by atoms with van der Waals surface area (Å²) < 4.78 is 2.37. The van der Waals surface area contributed by atoms with E-state index in [-0.39, 0.29) is 5.41 Å². The molecule has 0 radical (unpaired) electrons. The summed E-state index contributed by atoms with van der Waals surface area (Å²) in [6.45, 7) is 7.91. The molecule has 0 unspecified atom stereocenters. The lowest BCUT2D eigenvalue weighted by Crippen LogP contribution is -2.10. The van der Waals surface area contributed by atoms with Gasteiger partial charge in [0, 0.05) is 24.0 Å². The Labute approximate surface area is 121 Å². The fourth-order valence-electron chi connectivity index (χ4n) is 2.88. The van der Waals surface area contributed by atoms with Gasteiger partial charge in [0.05, 0.1) is 0 Å². The van der Waals surface area contributed by atoms with Gasteiger partial charge >= 0.3 is 0 Å². The molecular formula is C19H23N. The van der Waals surface area contributed by atoms with E-state index in [9.17, 15) is 0 Å². The molecule has 3 rings (SSSR count). The third-order valence-electron chi connectivity index (χ3n) is 4.12. The summed E-state index contributed by atoms with van der Waals surface area (Å²) in [7, 11) is 0. The number of fused-ring (bicyclic) bond motifs is 1. The number of benzene rings is 1. The molecule has 0 amide bonds. The van der Waals surface area contributed by atoms with Gasteiger partial charge in [0.25, 0.3) is 0 Å². The molecule has 0 saturated carbocycles. The van der Waals surface area contributed by atoms with E-state index < -0.39 is 0 Å². The highest BCUT2D eigenvalue weighted by molar-refractivity contribution is 5.78. The Morgan fingerprint density at radius 3 is 2.45 bits per heavy atom. The van der Waals surface area contributed by atoms with E-state index in [1.807, 2.05) is 0 Å². The Hall–Kier alpha value is -1.76. The molecule has 1 heteroatoms. The zero-order chi connectivity index (χ0) is 14.2. The van der Waals surface area contributed by atoms with Gasteiger partial charge in [-0.25, -0.2) is 0 Å². The van der Waals surface area contributed by atoms with E-state index >= 15 is 0 Å². The van der Waals surface area contributed by atoms with Crippen LogP contribution in [0.1, 0.15) is 50.4 Å². The molecule has 0 bridgehead atoms. The van der Waals surface area contributed by atoms with Gasteiger partial charge in [0.15, 0.2) is 0 Å². The van der Waals surface area contributed by atoms with Crippen LogP contribution in [0.4, 0.5) is 0 Å². The monoisotopic (exact) mass is 265 g/mol. The zero-order valence-corrected chi connectivity index (χ0v) is 12.7. The summed E-state index contributed by atoms with van der Waals surface area (Å²) in [6, 6.07) is 13.5. The van der Waals surface area contributed by atoms with E-state index in [0.29, 0.717) is 0 Å². The molecule has 1 aliphatic heterocycles. The van der Waals surface area contributed by atoms with E-state index in [4.69, 9.17) is 0 Å². The number of nitrogens with zero attached hydrogens (tertiary/aromatic N) is 1. The average Bonchev–Trinajstić information content (AvgIpc) is 2.78. The molecule has 0 spiro atoms. The highest BCUT2D eigenvalue weighted by Gasteiger charge is 2.15. The summed E-state index contributed by atoms with van der Waals surface area (Å²) in [5.41, 5.74) is 5.68. The molecule has 0 atom stereocenters. The molecule has 1 nitrogen and oxygen atoms in total. The van der Waals surface area contributed by atoms with Gasteiger partial charge < -0.3 is 4.57 Å². The van der Waals surface area contributed by atoms with Gasteiger partial charge in [-0.2, -0.15) is 0 Å². The van der Waals surface area contributed by atoms with E-state index in [2.05, 4.69) is 74.0 Å². The second-order valence-corrected chi connectivity index (χ2v) is 6.67. The van der Waals surface area contributed by atoms with Crippen LogP contribution in [0.15, 0.2) is 48.7 Å². The summed E-state index contributed by atoms with van der Waals surface area (Å²) in [4.78, 5) is 0. The molecule has 0 saturated heterocycles. The molecule has 2 aromatic rings. The van der Waals surface area contributed by atoms with Gasteiger partial charge in [-0.1, -0.05) is 51.1 Å². The first-order chi connectivity index (χ1) is 9.55. The topological polar surface area (TPSA) is 4.93 Å². The van der Waals surface area contributed by atoms with Gasteiger partial charge in [-0.3, -0.25) is 0 Å². The van der Waals surface area contributed by atoms with Crippen LogP contribution in [-0.2, 0) is 12.0 Å². The highest BCUT2D eigenvalue weighted by atomic mass is 15.0. The maximum Gasteiger partial charge on any atom is 0.0483 e. The van der Waals surface area contributed by atoms with Crippen LogP contribution in [-0.4, -0.2) is 4.57 Å². The maximum atomic E-state index is 2.39. The Kier molecular flexibility index (Phi) is 3.29. The highest BCUT2D eigenvalue weighted by Crippen LogP contribution is 2.30. The maximum absolute atomic E-state index is 2.39. The molecule has 104 valence electrons. The van der Waals surface area contributed by atoms with Gasteiger partial charge in [-0.05, 0) is 41.5 Å². The molecule has 1 aromatic carbocycles. The minimum Gasteiger partial charge on any atom is -0.347 e. The molecule has 2 heterocycles. The van der Waals surface area contributed by atoms with Gasteiger partial charge in [0.2, 0.25) is 0 Å². The lowest BCUT2D eigenvalue weighted by molar-refractivity contribution is 0.590. The van der Waals surface area contributed by atoms with Crippen molar-refractivity contribution in [2.24, 2.45) is 0 Å². The Morgan fingerprint density at radius 2 is 1.75 bits per heavy atom. The summed E-state index contributed by atoms with van der Waals surface area (Å²) >= 11 is 0. The summed E-state index contributed by atoms with van der Waals surface area (Å²) in [5.74, 6) is 0. The van der Waals surface area contributed by atoms with Crippen molar-refractivity contribution in [1.82, 2.24) is 4.57 Å². The molecular weight excluding hydrogens is 242 g/mol. The van der Waals surface area contributed by atoms with Crippen LogP contribution >= 0.6 is 0 Å². The normalized spacial score (nSPS) is 15.4. The quantitative estimate of drug-likeness (QED) is 0.683. The molecule has 0 N–H and O–H groups in total. The van der Waals surface area contributed by atoms with Crippen molar-refractivity contribution < 1.29 is 0 Å². The fraction of sp³-hybridized carbons (Fsp3) is 0.368. The van der Waals surface area contributed by atoms with E-state index in [1.54, 1.807) is 0 Å². The van der Waals surface area contributed by atoms with Crippen molar-refractivity contribution in [2.45, 2.75) is 45.6 Å². The largest absolute Gasteiger partial charge is 0.347 e. The molecule has 1 aliphatic rings. The van der Waals surface area contributed by atoms with Crippen LogP contribution < -0.4 is 0 Å².